The van der Waals surface area contributed by atoms with Crippen molar-refractivity contribution in [1.29, 1.82) is 0 Å². The number of hydrogen-bond donors (Lipinski definition) is 1. The Balaban J connectivity index is 1.64. The van der Waals surface area contributed by atoms with Crippen molar-refractivity contribution in [2.45, 2.75) is 12.5 Å². The van der Waals surface area contributed by atoms with Crippen molar-refractivity contribution in [3.8, 4) is 5.75 Å². The highest BCUT2D eigenvalue weighted by Crippen LogP contribution is 2.21. The lowest BCUT2D eigenvalue weighted by atomic mass is 10.0. The molecule has 0 saturated carbocycles. The van der Waals surface area contributed by atoms with Crippen molar-refractivity contribution in [3.05, 3.63) is 65.7 Å². The molecule has 1 aliphatic heterocycles. The van der Waals surface area contributed by atoms with E-state index in [0.29, 0.717) is 13.0 Å². The fraction of sp³-hybridized carbons (Fsp3) is 0.381. The third kappa shape index (κ3) is 4.84. The fourth-order valence-corrected chi connectivity index (χ4v) is 3.32. The highest BCUT2D eigenvalue weighted by Gasteiger charge is 2.23. The van der Waals surface area contributed by atoms with Gasteiger partial charge in [0, 0.05) is 25.2 Å². The Morgan fingerprint density at radius 2 is 1.81 bits per heavy atom. The molecule has 0 aromatic heterocycles. The Kier molecular flexibility index (Phi) is 6.63. The summed E-state index contributed by atoms with van der Waals surface area (Å²) in [5.41, 5.74) is 2.11. The van der Waals surface area contributed by atoms with E-state index >= 15 is 0 Å². The summed E-state index contributed by atoms with van der Waals surface area (Å²) < 4.78 is 10.8. The van der Waals surface area contributed by atoms with Crippen LogP contribution in [-0.2, 0) is 16.0 Å². The number of morpholine rings is 1. The molecule has 1 saturated heterocycles. The standard InChI is InChI=1S/C21H26N2O3/c1-25-20-10-6-5-9-18(20)15-21(24)22-16-19(17-7-3-2-4-8-17)23-11-13-26-14-12-23/h2-10,19H,11-16H2,1H3,(H,22,24). The maximum atomic E-state index is 12.5. The molecule has 0 spiro atoms. The van der Waals surface area contributed by atoms with Crippen LogP contribution in [0.25, 0.3) is 0 Å². The molecule has 26 heavy (non-hydrogen) atoms. The molecule has 1 heterocycles. The highest BCUT2D eigenvalue weighted by atomic mass is 16.5. The van der Waals surface area contributed by atoms with Gasteiger partial charge in [-0.05, 0) is 11.6 Å². The van der Waals surface area contributed by atoms with E-state index in [4.69, 9.17) is 9.47 Å². The first kappa shape index (κ1) is 18.4. The Morgan fingerprint density at radius 1 is 1.12 bits per heavy atom. The van der Waals surface area contributed by atoms with Gasteiger partial charge < -0.3 is 14.8 Å². The Bertz CT molecular complexity index is 699. The summed E-state index contributed by atoms with van der Waals surface area (Å²) >= 11 is 0. The van der Waals surface area contributed by atoms with Crippen LogP contribution in [0, 0.1) is 0 Å². The van der Waals surface area contributed by atoms with Crippen LogP contribution in [0.1, 0.15) is 17.2 Å². The molecule has 3 rings (SSSR count). The topological polar surface area (TPSA) is 50.8 Å². The molecule has 0 aliphatic carbocycles. The lowest BCUT2D eigenvalue weighted by Gasteiger charge is -2.35. The zero-order chi connectivity index (χ0) is 18.2. The Hall–Kier alpha value is -2.37. The summed E-state index contributed by atoms with van der Waals surface area (Å²) in [6, 6.07) is 18.1. The summed E-state index contributed by atoms with van der Waals surface area (Å²) in [5.74, 6) is 0.749. The SMILES string of the molecule is COc1ccccc1CC(=O)NCC(c1ccccc1)N1CCOCC1. The molecule has 1 unspecified atom stereocenters. The fourth-order valence-electron chi connectivity index (χ4n) is 3.32. The quantitative estimate of drug-likeness (QED) is 0.830. The van der Waals surface area contributed by atoms with E-state index in [0.717, 1.165) is 37.6 Å². The summed E-state index contributed by atoms with van der Waals surface area (Å²) in [6.45, 7) is 3.80. The van der Waals surface area contributed by atoms with Crippen molar-refractivity contribution >= 4 is 5.91 Å². The van der Waals surface area contributed by atoms with Crippen LogP contribution < -0.4 is 10.1 Å². The van der Waals surface area contributed by atoms with Crippen LogP contribution in [0.3, 0.4) is 0 Å². The minimum absolute atomic E-state index is 0.00342. The number of carbonyl (C=O) groups excluding carboxylic acids is 1. The van der Waals surface area contributed by atoms with Crippen LogP contribution >= 0.6 is 0 Å². The van der Waals surface area contributed by atoms with E-state index in [-0.39, 0.29) is 11.9 Å². The number of amides is 1. The first-order valence-corrected chi connectivity index (χ1v) is 9.03. The van der Waals surface area contributed by atoms with Crippen LogP contribution in [0.4, 0.5) is 0 Å². The molecule has 0 bridgehead atoms. The van der Waals surface area contributed by atoms with Gasteiger partial charge in [-0.3, -0.25) is 9.69 Å². The Morgan fingerprint density at radius 3 is 2.54 bits per heavy atom. The molecule has 2 aromatic rings. The number of nitrogens with zero attached hydrogens (tertiary/aromatic N) is 1. The van der Waals surface area contributed by atoms with Gasteiger partial charge in [0.1, 0.15) is 5.75 Å². The smallest absolute Gasteiger partial charge is 0.224 e. The molecule has 1 amide bonds. The molecule has 1 aliphatic rings. The van der Waals surface area contributed by atoms with E-state index in [1.807, 2.05) is 42.5 Å². The molecule has 1 N–H and O–H groups in total. The minimum Gasteiger partial charge on any atom is -0.496 e. The van der Waals surface area contributed by atoms with Gasteiger partial charge in [0.25, 0.3) is 0 Å². The molecular weight excluding hydrogens is 328 g/mol. The third-order valence-corrected chi connectivity index (χ3v) is 4.71. The van der Waals surface area contributed by atoms with E-state index in [1.54, 1.807) is 7.11 Å². The molecule has 138 valence electrons. The molecule has 1 atom stereocenters. The van der Waals surface area contributed by atoms with Crippen molar-refractivity contribution in [3.63, 3.8) is 0 Å². The highest BCUT2D eigenvalue weighted by molar-refractivity contribution is 5.79. The average Bonchev–Trinajstić information content (AvgIpc) is 2.70. The molecule has 5 heteroatoms. The molecular formula is C21H26N2O3. The van der Waals surface area contributed by atoms with Crippen LogP contribution in [-0.4, -0.2) is 50.8 Å². The second kappa shape index (κ2) is 9.36. The summed E-state index contributed by atoms with van der Waals surface area (Å²) in [4.78, 5) is 14.9. The van der Waals surface area contributed by atoms with Crippen molar-refractivity contribution in [2.75, 3.05) is 40.0 Å². The number of para-hydroxylation sites is 1. The van der Waals surface area contributed by atoms with Crippen LogP contribution in [0.15, 0.2) is 54.6 Å². The van der Waals surface area contributed by atoms with Gasteiger partial charge in [-0.25, -0.2) is 0 Å². The van der Waals surface area contributed by atoms with Gasteiger partial charge in [0.15, 0.2) is 0 Å². The van der Waals surface area contributed by atoms with E-state index in [9.17, 15) is 4.79 Å². The molecule has 2 aromatic carbocycles. The Labute approximate surface area is 154 Å². The third-order valence-electron chi connectivity index (χ3n) is 4.71. The van der Waals surface area contributed by atoms with Crippen molar-refractivity contribution < 1.29 is 14.3 Å². The second-order valence-corrected chi connectivity index (χ2v) is 6.37. The van der Waals surface area contributed by atoms with Gasteiger partial charge >= 0.3 is 0 Å². The summed E-state index contributed by atoms with van der Waals surface area (Å²) in [6.07, 6.45) is 0.314. The first-order chi connectivity index (χ1) is 12.8. The molecule has 5 nitrogen and oxygen atoms in total. The predicted molar refractivity (Wildman–Crippen MR) is 101 cm³/mol. The second-order valence-electron chi connectivity index (χ2n) is 6.37. The number of nitrogens with one attached hydrogen (secondary N) is 1. The number of ether oxygens (including phenoxy) is 2. The van der Waals surface area contributed by atoms with Gasteiger partial charge in [-0.15, -0.1) is 0 Å². The minimum atomic E-state index is 0.00342. The zero-order valence-electron chi connectivity index (χ0n) is 15.2. The monoisotopic (exact) mass is 354 g/mol. The number of hydrogen-bond acceptors (Lipinski definition) is 4. The zero-order valence-corrected chi connectivity index (χ0v) is 15.2. The molecule has 0 radical (unpaired) electrons. The number of benzene rings is 2. The van der Waals surface area contributed by atoms with E-state index in [1.165, 1.54) is 5.56 Å². The van der Waals surface area contributed by atoms with Gasteiger partial charge in [-0.2, -0.15) is 0 Å². The van der Waals surface area contributed by atoms with Crippen molar-refractivity contribution in [2.24, 2.45) is 0 Å². The summed E-state index contributed by atoms with van der Waals surface area (Å²) in [5, 5.41) is 3.10. The average molecular weight is 354 g/mol. The van der Waals surface area contributed by atoms with E-state index < -0.39 is 0 Å². The summed E-state index contributed by atoms with van der Waals surface area (Å²) in [7, 11) is 1.63. The lowest BCUT2D eigenvalue weighted by molar-refractivity contribution is -0.120. The van der Waals surface area contributed by atoms with E-state index in [2.05, 4.69) is 22.3 Å². The number of rotatable bonds is 7. The maximum absolute atomic E-state index is 12.5. The lowest BCUT2D eigenvalue weighted by Crippen LogP contribution is -2.44. The van der Waals surface area contributed by atoms with Crippen LogP contribution in [0.5, 0.6) is 5.75 Å². The maximum Gasteiger partial charge on any atom is 0.224 e. The van der Waals surface area contributed by atoms with Gasteiger partial charge in [0.05, 0.1) is 32.8 Å². The van der Waals surface area contributed by atoms with Crippen molar-refractivity contribution in [1.82, 2.24) is 10.2 Å². The predicted octanol–water partition coefficient (Wildman–Crippen LogP) is 2.43. The first-order valence-electron chi connectivity index (χ1n) is 9.03. The number of methoxy groups -OCH3 is 1. The normalized spacial score (nSPS) is 16.0. The van der Waals surface area contributed by atoms with Crippen LogP contribution in [0.2, 0.25) is 0 Å². The van der Waals surface area contributed by atoms with Gasteiger partial charge in [-0.1, -0.05) is 48.5 Å². The largest absolute Gasteiger partial charge is 0.496 e. The number of carbonyl (C=O) groups is 1. The molecule has 1 fully saturated rings. The van der Waals surface area contributed by atoms with Gasteiger partial charge in [0.2, 0.25) is 5.91 Å².